The number of hydrogen-bond donors (Lipinski definition) is 2. The molecule has 5 nitrogen and oxygen atoms in total. The maximum absolute atomic E-state index is 13.4. The Morgan fingerprint density at radius 3 is 2.29 bits per heavy atom. The minimum Gasteiger partial charge on any atom is -0.495 e. The van der Waals surface area contributed by atoms with Gasteiger partial charge in [0.1, 0.15) is 17.4 Å². The lowest BCUT2D eigenvalue weighted by molar-refractivity contribution is -0.118. The molecular weight excluding hydrogens is 402 g/mol. The van der Waals surface area contributed by atoms with Crippen LogP contribution in [-0.4, -0.2) is 18.9 Å². The largest absolute Gasteiger partial charge is 0.495 e. The Labute approximate surface area is 178 Å². The zero-order chi connectivity index (χ0) is 22.0. The maximum atomic E-state index is 13.4. The molecule has 1 aliphatic carbocycles. The van der Waals surface area contributed by atoms with Gasteiger partial charge in [-0.3, -0.25) is 9.59 Å². The molecule has 3 aromatic carbocycles. The van der Waals surface area contributed by atoms with Crippen molar-refractivity contribution in [2.24, 2.45) is 0 Å². The van der Waals surface area contributed by atoms with Crippen molar-refractivity contribution in [3.63, 3.8) is 0 Å². The van der Waals surface area contributed by atoms with E-state index in [0.717, 1.165) is 11.6 Å². The predicted molar refractivity (Wildman–Crippen MR) is 113 cm³/mol. The number of carbonyl (C=O) groups excluding carboxylic acids is 2. The van der Waals surface area contributed by atoms with Crippen LogP contribution in [0.2, 0.25) is 0 Å². The second-order valence-corrected chi connectivity index (χ2v) is 7.42. The molecule has 4 rings (SSSR count). The van der Waals surface area contributed by atoms with Crippen LogP contribution in [0, 0.1) is 11.6 Å². The highest BCUT2D eigenvalue weighted by Gasteiger charge is 2.51. The Hall–Kier alpha value is -3.74. The summed E-state index contributed by atoms with van der Waals surface area (Å²) in [6.45, 7) is 0. The van der Waals surface area contributed by atoms with Gasteiger partial charge < -0.3 is 15.4 Å². The predicted octanol–water partition coefficient (Wildman–Crippen LogP) is 4.90. The molecule has 3 aromatic rings. The SMILES string of the molecule is COc1ccc(NC(=O)C2(c3ccc(F)cc3)CC2)cc1NC(=O)c1cccc(F)c1. The van der Waals surface area contributed by atoms with Gasteiger partial charge in [0.25, 0.3) is 5.91 Å². The van der Waals surface area contributed by atoms with Crippen molar-refractivity contribution in [1.29, 1.82) is 0 Å². The van der Waals surface area contributed by atoms with Gasteiger partial charge in [0.2, 0.25) is 5.91 Å². The number of rotatable bonds is 6. The zero-order valence-corrected chi connectivity index (χ0v) is 16.7. The van der Waals surface area contributed by atoms with E-state index in [1.54, 1.807) is 30.3 Å². The Morgan fingerprint density at radius 1 is 0.903 bits per heavy atom. The monoisotopic (exact) mass is 422 g/mol. The van der Waals surface area contributed by atoms with Crippen molar-refractivity contribution in [3.8, 4) is 5.75 Å². The third kappa shape index (κ3) is 4.26. The molecular formula is C24H20F2N2O3. The van der Waals surface area contributed by atoms with Gasteiger partial charge in [-0.25, -0.2) is 8.78 Å². The highest BCUT2D eigenvalue weighted by Crippen LogP contribution is 2.49. The first-order chi connectivity index (χ1) is 14.9. The quantitative estimate of drug-likeness (QED) is 0.594. The van der Waals surface area contributed by atoms with E-state index in [1.807, 2.05) is 0 Å². The van der Waals surface area contributed by atoms with Crippen LogP contribution in [0.4, 0.5) is 20.2 Å². The first-order valence-electron chi connectivity index (χ1n) is 9.74. The Morgan fingerprint density at radius 2 is 1.65 bits per heavy atom. The summed E-state index contributed by atoms with van der Waals surface area (Å²) in [6.07, 6.45) is 1.34. The van der Waals surface area contributed by atoms with Crippen molar-refractivity contribution in [2.45, 2.75) is 18.3 Å². The van der Waals surface area contributed by atoms with Crippen molar-refractivity contribution < 1.29 is 23.1 Å². The second-order valence-electron chi connectivity index (χ2n) is 7.42. The van der Waals surface area contributed by atoms with Crippen molar-refractivity contribution in [1.82, 2.24) is 0 Å². The number of nitrogens with one attached hydrogen (secondary N) is 2. The van der Waals surface area contributed by atoms with E-state index < -0.39 is 17.1 Å². The molecule has 0 unspecified atom stereocenters. The fourth-order valence-corrected chi connectivity index (χ4v) is 3.50. The number of anilines is 2. The molecule has 0 saturated heterocycles. The first-order valence-corrected chi connectivity index (χ1v) is 9.74. The number of carbonyl (C=O) groups is 2. The van der Waals surface area contributed by atoms with E-state index in [9.17, 15) is 18.4 Å². The number of methoxy groups -OCH3 is 1. The van der Waals surface area contributed by atoms with Gasteiger partial charge >= 0.3 is 0 Å². The van der Waals surface area contributed by atoms with Crippen LogP contribution in [-0.2, 0) is 10.2 Å². The van der Waals surface area contributed by atoms with Gasteiger partial charge in [0, 0.05) is 11.3 Å². The van der Waals surface area contributed by atoms with Crippen LogP contribution >= 0.6 is 0 Å². The molecule has 31 heavy (non-hydrogen) atoms. The molecule has 2 amide bonds. The Bertz CT molecular complexity index is 1140. The minimum atomic E-state index is -0.682. The van der Waals surface area contributed by atoms with Crippen molar-refractivity contribution in [2.75, 3.05) is 17.7 Å². The lowest BCUT2D eigenvalue weighted by atomic mass is 9.95. The van der Waals surface area contributed by atoms with E-state index >= 15 is 0 Å². The number of benzene rings is 3. The molecule has 0 aliphatic heterocycles. The van der Waals surface area contributed by atoms with E-state index in [1.165, 1.54) is 37.4 Å². The molecule has 0 atom stereocenters. The minimum absolute atomic E-state index is 0.157. The molecule has 7 heteroatoms. The van der Waals surface area contributed by atoms with Gasteiger partial charge in [-0.2, -0.15) is 0 Å². The van der Waals surface area contributed by atoms with E-state index in [4.69, 9.17) is 4.74 Å². The molecule has 158 valence electrons. The molecule has 2 N–H and O–H groups in total. The fourth-order valence-electron chi connectivity index (χ4n) is 3.50. The average Bonchev–Trinajstić information content (AvgIpc) is 3.56. The summed E-state index contributed by atoms with van der Waals surface area (Å²) in [5, 5.41) is 5.56. The summed E-state index contributed by atoms with van der Waals surface area (Å²) >= 11 is 0. The van der Waals surface area contributed by atoms with Crippen LogP contribution < -0.4 is 15.4 Å². The third-order valence-corrected chi connectivity index (χ3v) is 5.37. The Balaban J connectivity index is 1.54. The number of amides is 2. The normalized spacial score (nSPS) is 13.9. The number of halogens is 2. The zero-order valence-electron chi connectivity index (χ0n) is 16.7. The topological polar surface area (TPSA) is 67.4 Å². The van der Waals surface area contributed by atoms with Crippen molar-refractivity contribution >= 4 is 23.2 Å². The molecule has 0 bridgehead atoms. The molecule has 0 radical (unpaired) electrons. The molecule has 0 spiro atoms. The standard InChI is InChI=1S/C24H20F2N2O3/c1-31-21-10-9-19(14-20(21)28-22(29)15-3-2-4-18(26)13-15)27-23(30)24(11-12-24)16-5-7-17(25)8-6-16/h2-10,13-14H,11-12H2,1H3,(H,27,30)(H,28,29). The lowest BCUT2D eigenvalue weighted by Gasteiger charge is -2.17. The maximum Gasteiger partial charge on any atom is 0.255 e. The summed E-state index contributed by atoms with van der Waals surface area (Å²) in [6, 6.07) is 16.1. The highest BCUT2D eigenvalue weighted by atomic mass is 19.1. The highest BCUT2D eigenvalue weighted by molar-refractivity contribution is 6.06. The van der Waals surface area contributed by atoms with Gasteiger partial charge in [-0.1, -0.05) is 18.2 Å². The van der Waals surface area contributed by atoms with E-state index in [2.05, 4.69) is 10.6 Å². The number of ether oxygens (including phenoxy) is 1. The molecule has 0 aromatic heterocycles. The summed E-state index contributed by atoms with van der Waals surface area (Å²) in [4.78, 5) is 25.5. The van der Waals surface area contributed by atoms with Gasteiger partial charge in [-0.15, -0.1) is 0 Å². The van der Waals surface area contributed by atoms with Crippen LogP contribution in [0.1, 0.15) is 28.8 Å². The second kappa shape index (κ2) is 8.18. The molecule has 1 saturated carbocycles. The van der Waals surface area contributed by atoms with E-state index in [-0.39, 0.29) is 17.3 Å². The molecule has 1 aliphatic rings. The summed E-state index contributed by atoms with van der Waals surface area (Å²) in [5.74, 6) is -1.19. The lowest BCUT2D eigenvalue weighted by Crippen LogP contribution is -2.27. The average molecular weight is 422 g/mol. The van der Waals surface area contributed by atoms with Crippen molar-refractivity contribution in [3.05, 3.63) is 89.5 Å². The summed E-state index contributed by atoms with van der Waals surface area (Å²) in [7, 11) is 1.46. The fraction of sp³-hybridized carbons (Fsp3) is 0.167. The van der Waals surface area contributed by atoms with Gasteiger partial charge in [-0.05, 0) is 66.9 Å². The summed E-state index contributed by atoms with van der Waals surface area (Å²) in [5.41, 5.74) is 1.04. The Kier molecular flexibility index (Phi) is 5.42. The van der Waals surface area contributed by atoms with Crippen LogP contribution in [0.15, 0.2) is 66.7 Å². The molecule has 0 heterocycles. The van der Waals surface area contributed by atoms with Gasteiger partial charge in [0.15, 0.2) is 0 Å². The van der Waals surface area contributed by atoms with Crippen LogP contribution in [0.3, 0.4) is 0 Å². The molecule has 1 fully saturated rings. The number of hydrogen-bond acceptors (Lipinski definition) is 3. The van der Waals surface area contributed by atoms with Crippen LogP contribution in [0.25, 0.3) is 0 Å². The first kappa shape index (κ1) is 20.5. The summed E-state index contributed by atoms with van der Waals surface area (Å²) < 4.78 is 32.0. The van der Waals surface area contributed by atoms with Gasteiger partial charge in [0.05, 0.1) is 18.2 Å². The smallest absolute Gasteiger partial charge is 0.255 e. The van der Waals surface area contributed by atoms with E-state index in [0.29, 0.717) is 30.0 Å². The third-order valence-electron chi connectivity index (χ3n) is 5.37. The van der Waals surface area contributed by atoms with Crippen LogP contribution in [0.5, 0.6) is 5.75 Å².